The Hall–Kier alpha value is -3.10. The van der Waals surface area contributed by atoms with E-state index in [9.17, 15) is 18.0 Å². The number of halogens is 3. The van der Waals surface area contributed by atoms with E-state index in [1.807, 2.05) is 11.4 Å². The number of hydrogen-bond donors (Lipinski definition) is 2. The molecule has 0 fully saturated rings. The van der Waals surface area contributed by atoms with Gasteiger partial charge in [0.15, 0.2) is 5.65 Å². The lowest BCUT2D eigenvalue weighted by Crippen LogP contribution is -2.34. The second-order valence-electron chi connectivity index (χ2n) is 5.52. The maximum atomic E-state index is 12.2. The molecular weight excluding hydrogens is 335 g/mol. The number of carbonyl (C=O) groups excluding carboxylic acids is 1. The molecule has 0 saturated carbocycles. The molecule has 2 aromatic heterocycles. The molecule has 3 N–H and O–H groups in total. The third-order valence-electron chi connectivity index (χ3n) is 3.60. The van der Waals surface area contributed by atoms with Gasteiger partial charge in [-0.15, -0.1) is 5.10 Å². The van der Waals surface area contributed by atoms with Gasteiger partial charge in [0.25, 0.3) is 5.91 Å². The first kappa shape index (κ1) is 16.7. The number of anilines is 1. The highest BCUT2D eigenvalue weighted by molar-refractivity contribution is 5.96. The van der Waals surface area contributed by atoms with Gasteiger partial charge in [0.1, 0.15) is 6.54 Å². The second kappa shape index (κ2) is 6.08. The lowest BCUT2D eigenvalue weighted by Gasteiger charge is -2.11. The molecule has 3 rings (SSSR count). The largest absolute Gasteiger partial charge is 0.405 e. The quantitative estimate of drug-likeness (QED) is 0.761. The Morgan fingerprint density at radius 2 is 1.96 bits per heavy atom. The molecule has 1 aromatic carbocycles. The van der Waals surface area contributed by atoms with E-state index in [1.54, 1.807) is 31.3 Å². The predicted molar refractivity (Wildman–Crippen MR) is 86.0 cm³/mol. The lowest BCUT2D eigenvalue weighted by molar-refractivity contribution is -0.123. The van der Waals surface area contributed by atoms with Crippen molar-refractivity contribution in [1.29, 1.82) is 0 Å². The number of alkyl halides is 3. The first-order valence-corrected chi connectivity index (χ1v) is 7.31. The van der Waals surface area contributed by atoms with E-state index in [2.05, 4.69) is 10.1 Å². The SMILES string of the molecule is Cc1cc(-c2ccc3nc(N)nn3c2)ccc1C(=O)NCC(F)(F)F. The van der Waals surface area contributed by atoms with Gasteiger partial charge in [0, 0.05) is 17.3 Å². The van der Waals surface area contributed by atoms with Crippen LogP contribution in [0.4, 0.5) is 19.1 Å². The van der Waals surface area contributed by atoms with Crippen LogP contribution < -0.4 is 11.1 Å². The average molecular weight is 349 g/mol. The van der Waals surface area contributed by atoms with E-state index < -0.39 is 18.6 Å². The number of carbonyl (C=O) groups is 1. The fourth-order valence-corrected chi connectivity index (χ4v) is 2.44. The Kier molecular flexibility index (Phi) is 4.07. The van der Waals surface area contributed by atoms with E-state index in [-0.39, 0.29) is 11.5 Å². The highest BCUT2D eigenvalue weighted by Crippen LogP contribution is 2.23. The minimum Gasteiger partial charge on any atom is -0.366 e. The van der Waals surface area contributed by atoms with E-state index in [0.717, 1.165) is 11.1 Å². The van der Waals surface area contributed by atoms with Crippen molar-refractivity contribution in [2.45, 2.75) is 13.1 Å². The summed E-state index contributed by atoms with van der Waals surface area (Å²) in [5, 5.41) is 5.89. The van der Waals surface area contributed by atoms with E-state index >= 15 is 0 Å². The molecule has 9 heteroatoms. The summed E-state index contributed by atoms with van der Waals surface area (Å²) in [6, 6.07) is 8.46. The van der Waals surface area contributed by atoms with Crippen LogP contribution in [0.2, 0.25) is 0 Å². The minimum absolute atomic E-state index is 0.157. The fourth-order valence-electron chi connectivity index (χ4n) is 2.44. The van der Waals surface area contributed by atoms with Gasteiger partial charge in [0.2, 0.25) is 5.95 Å². The highest BCUT2D eigenvalue weighted by atomic mass is 19.4. The zero-order chi connectivity index (χ0) is 18.2. The summed E-state index contributed by atoms with van der Waals surface area (Å²) < 4.78 is 38.2. The Balaban J connectivity index is 1.86. The molecule has 2 heterocycles. The lowest BCUT2D eigenvalue weighted by atomic mass is 10.0. The molecule has 130 valence electrons. The Morgan fingerprint density at radius 1 is 1.24 bits per heavy atom. The van der Waals surface area contributed by atoms with Crippen molar-refractivity contribution in [2.75, 3.05) is 12.3 Å². The third kappa shape index (κ3) is 3.70. The van der Waals surface area contributed by atoms with Gasteiger partial charge in [-0.25, -0.2) is 4.52 Å². The molecule has 0 aliphatic rings. The number of amides is 1. The number of fused-ring (bicyclic) bond motifs is 1. The maximum absolute atomic E-state index is 12.2. The number of nitrogens with two attached hydrogens (primary N) is 1. The molecular formula is C16H14F3N5O. The first-order chi connectivity index (χ1) is 11.7. The normalized spacial score (nSPS) is 11.7. The van der Waals surface area contributed by atoms with Gasteiger partial charge >= 0.3 is 6.18 Å². The molecule has 6 nitrogen and oxygen atoms in total. The summed E-state index contributed by atoms with van der Waals surface area (Å²) in [6.07, 6.45) is -2.71. The van der Waals surface area contributed by atoms with Crippen molar-refractivity contribution in [2.24, 2.45) is 0 Å². The average Bonchev–Trinajstić information content (AvgIpc) is 2.90. The molecule has 0 saturated heterocycles. The molecule has 0 spiro atoms. The summed E-state index contributed by atoms with van der Waals surface area (Å²) in [5.41, 5.74) is 8.51. The number of rotatable bonds is 3. The molecule has 0 radical (unpaired) electrons. The number of aryl methyl sites for hydroxylation is 1. The van der Waals surface area contributed by atoms with Gasteiger partial charge in [-0.1, -0.05) is 12.1 Å². The van der Waals surface area contributed by atoms with Crippen LogP contribution in [0.15, 0.2) is 36.5 Å². The van der Waals surface area contributed by atoms with Crippen molar-refractivity contribution < 1.29 is 18.0 Å². The number of benzene rings is 1. The Bertz CT molecular complexity index is 949. The van der Waals surface area contributed by atoms with Crippen molar-refractivity contribution in [3.05, 3.63) is 47.7 Å². The molecule has 0 bridgehead atoms. The second-order valence-corrected chi connectivity index (χ2v) is 5.52. The van der Waals surface area contributed by atoms with Crippen LogP contribution in [0, 0.1) is 6.92 Å². The summed E-state index contributed by atoms with van der Waals surface area (Å²) in [5.74, 6) is -0.606. The fraction of sp³-hybridized carbons (Fsp3) is 0.188. The molecule has 0 atom stereocenters. The van der Waals surface area contributed by atoms with Crippen molar-refractivity contribution in [1.82, 2.24) is 19.9 Å². The van der Waals surface area contributed by atoms with Crippen molar-refractivity contribution in [3.63, 3.8) is 0 Å². The summed E-state index contributed by atoms with van der Waals surface area (Å²) in [7, 11) is 0. The van der Waals surface area contributed by atoms with Gasteiger partial charge in [-0.2, -0.15) is 18.2 Å². The molecule has 1 amide bonds. The van der Waals surface area contributed by atoms with Gasteiger partial charge in [0.05, 0.1) is 0 Å². The first-order valence-electron chi connectivity index (χ1n) is 7.31. The van der Waals surface area contributed by atoms with E-state index in [4.69, 9.17) is 5.73 Å². The number of hydrogen-bond acceptors (Lipinski definition) is 4. The van der Waals surface area contributed by atoms with E-state index in [1.165, 1.54) is 10.6 Å². The van der Waals surface area contributed by atoms with Gasteiger partial charge in [-0.3, -0.25) is 4.79 Å². The molecule has 25 heavy (non-hydrogen) atoms. The number of aromatic nitrogens is 3. The zero-order valence-electron chi connectivity index (χ0n) is 13.1. The Labute approximate surface area is 140 Å². The topological polar surface area (TPSA) is 85.3 Å². The smallest absolute Gasteiger partial charge is 0.366 e. The van der Waals surface area contributed by atoms with Crippen molar-refractivity contribution >= 4 is 17.5 Å². The molecule has 0 unspecified atom stereocenters. The summed E-state index contributed by atoms with van der Waals surface area (Å²) >= 11 is 0. The number of nitrogens with one attached hydrogen (secondary N) is 1. The van der Waals surface area contributed by atoms with Crippen LogP contribution in [0.5, 0.6) is 0 Å². The third-order valence-corrected chi connectivity index (χ3v) is 3.60. The standard InChI is InChI=1S/C16H14F3N5O/c1-9-6-10(2-4-12(9)14(25)21-8-16(17,18)19)11-3-5-13-22-15(20)23-24(13)7-11/h2-7H,8H2,1H3,(H2,20,23)(H,21,25). The minimum atomic E-state index is -4.45. The molecule has 0 aliphatic carbocycles. The summed E-state index contributed by atoms with van der Waals surface area (Å²) in [6.45, 7) is 0.301. The van der Waals surface area contributed by atoms with Crippen LogP contribution in [0.3, 0.4) is 0 Å². The zero-order valence-corrected chi connectivity index (χ0v) is 13.1. The summed E-state index contributed by atoms with van der Waals surface area (Å²) in [4.78, 5) is 15.9. The number of nitrogens with zero attached hydrogens (tertiary/aromatic N) is 3. The predicted octanol–water partition coefficient (Wildman–Crippen LogP) is 2.58. The Morgan fingerprint density at radius 3 is 2.64 bits per heavy atom. The highest BCUT2D eigenvalue weighted by Gasteiger charge is 2.28. The van der Waals surface area contributed by atoms with Crippen LogP contribution in [0.1, 0.15) is 15.9 Å². The van der Waals surface area contributed by atoms with E-state index in [0.29, 0.717) is 11.2 Å². The van der Waals surface area contributed by atoms with Gasteiger partial charge < -0.3 is 11.1 Å². The van der Waals surface area contributed by atoms with Crippen LogP contribution >= 0.6 is 0 Å². The van der Waals surface area contributed by atoms with Gasteiger partial charge in [-0.05, 0) is 36.2 Å². The number of nitrogen functional groups attached to an aromatic ring is 1. The van der Waals surface area contributed by atoms with Crippen molar-refractivity contribution in [3.8, 4) is 11.1 Å². The van der Waals surface area contributed by atoms with Crippen LogP contribution in [-0.4, -0.2) is 33.2 Å². The van der Waals surface area contributed by atoms with Crippen LogP contribution in [0.25, 0.3) is 16.8 Å². The monoisotopic (exact) mass is 349 g/mol. The molecule has 3 aromatic rings. The maximum Gasteiger partial charge on any atom is 0.405 e. The van der Waals surface area contributed by atoms with Crippen LogP contribution in [-0.2, 0) is 0 Å². The molecule has 0 aliphatic heterocycles. The number of pyridine rings is 1.